The van der Waals surface area contributed by atoms with Crippen LogP contribution in [0.3, 0.4) is 0 Å². The molecule has 3 aromatic carbocycles. The number of piperazine rings is 1. The van der Waals surface area contributed by atoms with Gasteiger partial charge in [0.1, 0.15) is 11.6 Å². The number of methoxy groups -OCH3 is 1. The average Bonchev–Trinajstić information content (AvgIpc) is 3.51. The zero-order valence-corrected chi connectivity index (χ0v) is 24.8. The lowest BCUT2D eigenvalue weighted by atomic mass is 10.1. The predicted octanol–water partition coefficient (Wildman–Crippen LogP) is 5.68. The molecule has 0 unspecified atom stereocenters. The number of hydrogen-bond donors (Lipinski definition) is 2. The summed E-state index contributed by atoms with van der Waals surface area (Å²) < 4.78 is 20.1. The highest BCUT2D eigenvalue weighted by Crippen LogP contribution is 2.29. The van der Waals surface area contributed by atoms with Gasteiger partial charge in [-0.3, -0.25) is 9.69 Å². The minimum Gasteiger partial charge on any atom is -0.497 e. The molecule has 42 heavy (non-hydrogen) atoms. The lowest BCUT2D eigenvalue weighted by Gasteiger charge is -2.36. The standard InChI is InChI=1S/C32H37ClFN5O3/c1-22-17-24(21-37-11-3-4-12-37)18-28(33)30(22)36-32(41)39-15-13-38(14-16-39)25-7-10-27(29(34)19-25)31(40)35-20-23-5-8-26(42-2)9-6-23/h5-10,17-19H,3-4,11-16,20-21H2,1-2H3,(H,35,40)(H,36,41). The Morgan fingerprint density at radius 1 is 0.929 bits per heavy atom. The maximum atomic E-state index is 15.0. The molecule has 0 atom stereocenters. The summed E-state index contributed by atoms with van der Waals surface area (Å²) in [6.45, 7) is 7.35. The van der Waals surface area contributed by atoms with Gasteiger partial charge < -0.3 is 25.2 Å². The van der Waals surface area contributed by atoms with Crippen LogP contribution in [-0.4, -0.2) is 68.1 Å². The molecule has 0 aromatic heterocycles. The number of anilines is 2. The van der Waals surface area contributed by atoms with Gasteiger partial charge in [0.25, 0.3) is 5.91 Å². The molecule has 0 bridgehead atoms. The SMILES string of the molecule is COc1ccc(CNC(=O)c2ccc(N3CCN(C(=O)Nc4c(C)cc(CN5CCCC5)cc4Cl)CC3)cc2F)cc1. The summed E-state index contributed by atoms with van der Waals surface area (Å²) in [4.78, 5) is 31.8. The Morgan fingerprint density at radius 2 is 1.64 bits per heavy atom. The monoisotopic (exact) mass is 593 g/mol. The van der Waals surface area contributed by atoms with E-state index in [2.05, 4.69) is 21.6 Å². The summed E-state index contributed by atoms with van der Waals surface area (Å²) in [6.07, 6.45) is 2.47. The summed E-state index contributed by atoms with van der Waals surface area (Å²) in [5.41, 5.74) is 4.27. The third-order valence-corrected chi connectivity index (χ3v) is 8.22. The summed E-state index contributed by atoms with van der Waals surface area (Å²) in [6, 6.07) is 15.8. The second-order valence-electron chi connectivity index (χ2n) is 10.9. The molecule has 8 nitrogen and oxygen atoms in total. The number of rotatable bonds is 8. The number of halogens is 2. The first-order valence-corrected chi connectivity index (χ1v) is 14.7. The van der Waals surface area contributed by atoms with Crippen molar-refractivity contribution in [3.63, 3.8) is 0 Å². The Kier molecular flexibility index (Phi) is 9.49. The topological polar surface area (TPSA) is 77.1 Å². The second-order valence-corrected chi connectivity index (χ2v) is 11.3. The van der Waals surface area contributed by atoms with Crippen LogP contribution >= 0.6 is 11.6 Å². The Morgan fingerprint density at radius 3 is 2.29 bits per heavy atom. The fourth-order valence-electron chi connectivity index (χ4n) is 5.52. The molecule has 2 fully saturated rings. The van der Waals surface area contributed by atoms with Crippen molar-refractivity contribution < 1.29 is 18.7 Å². The number of urea groups is 1. The van der Waals surface area contributed by atoms with E-state index >= 15 is 0 Å². The van der Waals surface area contributed by atoms with Gasteiger partial charge in [-0.15, -0.1) is 0 Å². The van der Waals surface area contributed by atoms with Crippen molar-refractivity contribution in [2.75, 3.05) is 56.6 Å². The molecular weight excluding hydrogens is 557 g/mol. The molecule has 2 heterocycles. The number of likely N-dealkylation sites (tertiary alicyclic amines) is 1. The highest BCUT2D eigenvalue weighted by atomic mass is 35.5. The minimum absolute atomic E-state index is 0.0102. The molecule has 2 saturated heterocycles. The van der Waals surface area contributed by atoms with Crippen molar-refractivity contribution in [1.29, 1.82) is 0 Å². The van der Waals surface area contributed by atoms with Crippen LogP contribution in [0.15, 0.2) is 54.6 Å². The van der Waals surface area contributed by atoms with Crippen molar-refractivity contribution in [2.45, 2.75) is 32.9 Å². The van der Waals surface area contributed by atoms with Gasteiger partial charge in [-0.25, -0.2) is 9.18 Å². The van der Waals surface area contributed by atoms with Crippen molar-refractivity contribution in [3.05, 3.63) is 87.7 Å². The van der Waals surface area contributed by atoms with Crippen molar-refractivity contribution in [2.24, 2.45) is 0 Å². The number of carbonyl (C=O) groups excluding carboxylic acids is 2. The predicted molar refractivity (Wildman–Crippen MR) is 164 cm³/mol. The van der Waals surface area contributed by atoms with Crippen LogP contribution in [0.5, 0.6) is 5.75 Å². The number of aryl methyl sites for hydroxylation is 1. The molecule has 2 N–H and O–H groups in total. The zero-order chi connectivity index (χ0) is 29.6. The van der Waals surface area contributed by atoms with Gasteiger partial charge in [-0.05, 0) is 85.9 Å². The van der Waals surface area contributed by atoms with E-state index in [-0.39, 0.29) is 18.1 Å². The number of ether oxygens (including phenoxy) is 1. The quantitative estimate of drug-likeness (QED) is 0.352. The van der Waals surface area contributed by atoms with E-state index in [0.29, 0.717) is 42.6 Å². The summed E-state index contributed by atoms with van der Waals surface area (Å²) in [5.74, 6) is -0.335. The Bertz CT molecular complexity index is 1400. The number of hydrogen-bond acceptors (Lipinski definition) is 5. The van der Waals surface area contributed by atoms with Crippen LogP contribution in [0, 0.1) is 12.7 Å². The van der Waals surface area contributed by atoms with Gasteiger partial charge in [0.2, 0.25) is 0 Å². The molecule has 0 aliphatic carbocycles. The van der Waals surface area contributed by atoms with E-state index in [0.717, 1.165) is 42.1 Å². The van der Waals surface area contributed by atoms with Crippen LogP contribution in [0.4, 0.5) is 20.6 Å². The van der Waals surface area contributed by atoms with Gasteiger partial charge in [-0.1, -0.05) is 29.8 Å². The van der Waals surface area contributed by atoms with E-state index in [1.54, 1.807) is 18.1 Å². The Labute approximate surface area is 251 Å². The van der Waals surface area contributed by atoms with Gasteiger partial charge >= 0.3 is 6.03 Å². The molecule has 5 rings (SSSR count). The molecule has 2 aliphatic heterocycles. The third-order valence-electron chi connectivity index (χ3n) is 7.93. The first-order chi connectivity index (χ1) is 20.3. The average molecular weight is 594 g/mol. The number of nitrogens with zero attached hydrogens (tertiary/aromatic N) is 3. The molecule has 0 spiro atoms. The smallest absolute Gasteiger partial charge is 0.322 e. The van der Waals surface area contributed by atoms with Crippen molar-refractivity contribution >= 4 is 34.9 Å². The summed E-state index contributed by atoms with van der Waals surface area (Å²) in [5, 5.41) is 6.30. The normalized spacial score (nSPS) is 15.5. The number of amides is 3. The number of nitrogens with one attached hydrogen (secondary N) is 2. The molecule has 10 heteroatoms. The largest absolute Gasteiger partial charge is 0.497 e. The van der Waals surface area contributed by atoms with Crippen molar-refractivity contribution in [3.8, 4) is 5.75 Å². The maximum Gasteiger partial charge on any atom is 0.322 e. The summed E-state index contributed by atoms with van der Waals surface area (Å²) in [7, 11) is 1.59. The maximum absolute atomic E-state index is 15.0. The molecule has 0 saturated carbocycles. The van der Waals surface area contributed by atoms with Crippen molar-refractivity contribution in [1.82, 2.24) is 15.1 Å². The van der Waals surface area contributed by atoms with E-state index in [4.69, 9.17) is 16.3 Å². The lowest BCUT2D eigenvalue weighted by molar-refractivity contribution is 0.0947. The molecule has 3 amide bonds. The fraction of sp³-hybridized carbons (Fsp3) is 0.375. The highest BCUT2D eigenvalue weighted by molar-refractivity contribution is 6.34. The van der Waals surface area contributed by atoms with Gasteiger partial charge in [0.15, 0.2) is 0 Å². The molecule has 222 valence electrons. The van der Waals surface area contributed by atoms with E-state index in [1.165, 1.54) is 25.0 Å². The van der Waals surface area contributed by atoms with Gasteiger partial charge in [0, 0.05) is 45.0 Å². The second kappa shape index (κ2) is 13.4. The molecule has 3 aromatic rings. The lowest BCUT2D eigenvalue weighted by Crippen LogP contribution is -2.50. The van der Waals surface area contributed by atoms with Gasteiger partial charge in [0.05, 0.1) is 23.4 Å². The van der Waals surface area contributed by atoms with Crippen LogP contribution < -0.4 is 20.3 Å². The zero-order valence-electron chi connectivity index (χ0n) is 24.1. The Balaban J connectivity index is 1.13. The molecule has 0 radical (unpaired) electrons. The highest BCUT2D eigenvalue weighted by Gasteiger charge is 2.24. The van der Waals surface area contributed by atoms with E-state index in [9.17, 15) is 14.0 Å². The number of carbonyl (C=O) groups is 2. The van der Waals surface area contributed by atoms with Crippen LogP contribution in [-0.2, 0) is 13.1 Å². The van der Waals surface area contributed by atoms with E-state index in [1.807, 2.05) is 42.2 Å². The van der Waals surface area contributed by atoms with E-state index < -0.39 is 11.7 Å². The fourth-order valence-corrected chi connectivity index (χ4v) is 5.86. The Hall–Kier alpha value is -3.82. The van der Waals surface area contributed by atoms with Crippen LogP contribution in [0.1, 0.15) is 39.9 Å². The molecule has 2 aliphatic rings. The minimum atomic E-state index is -0.585. The summed E-state index contributed by atoms with van der Waals surface area (Å²) >= 11 is 6.59. The van der Waals surface area contributed by atoms with Gasteiger partial charge in [-0.2, -0.15) is 0 Å². The van der Waals surface area contributed by atoms with Crippen LogP contribution in [0.25, 0.3) is 0 Å². The van der Waals surface area contributed by atoms with Crippen LogP contribution in [0.2, 0.25) is 5.02 Å². The first kappa shape index (κ1) is 29.7. The molecular formula is C32H37ClFN5O3. The first-order valence-electron chi connectivity index (χ1n) is 14.3. The third kappa shape index (κ3) is 7.14. The number of benzene rings is 3.